The van der Waals surface area contributed by atoms with Crippen LogP contribution in [0.2, 0.25) is 0 Å². The second-order valence-electron chi connectivity index (χ2n) is 6.17. The highest BCUT2D eigenvalue weighted by molar-refractivity contribution is 5.81. The van der Waals surface area contributed by atoms with Crippen molar-refractivity contribution in [1.82, 2.24) is 19.9 Å². The summed E-state index contributed by atoms with van der Waals surface area (Å²) in [5.41, 5.74) is 2.98. The molecule has 1 aliphatic rings. The summed E-state index contributed by atoms with van der Waals surface area (Å²) >= 11 is 0. The van der Waals surface area contributed by atoms with E-state index in [0.717, 1.165) is 28.8 Å². The van der Waals surface area contributed by atoms with Crippen LogP contribution in [-0.2, 0) is 11.3 Å². The maximum atomic E-state index is 11.8. The molecule has 0 aliphatic heterocycles. The van der Waals surface area contributed by atoms with E-state index in [1.807, 2.05) is 41.0 Å². The zero-order chi connectivity index (χ0) is 15.8. The number of fused-ring (bicyclic) bond motifs is 1. The number of nitrogens with zero attached hydrogens (tertiary/aromatic N) is 3. The predicted molar refractivity (Wildman–Crippen MR) is 88.0 cm³/mol. The van der Waals surface area contributed by atoms with Gasteiger partial charge in [0, 0.05) is 18.7 Å². The third-order valence-electron chi connectivity index (χ3n) is 4.42. The minimum Gasteiger partial charge on any atom is -0.352 e. The fourth-order valence-electron chi connectivity index (χ4n) is 2.81. The molecule has 3 aromatic rings. The highest BCUT2D eigenvalue weighted by atomic mass is 16.2. The van der Waals surface area contributed by atoms with E-state index >= 15 is 0 Å². The van der Waals surface area contributed by atoms with Crippen molar-refractivity contribution in [3.63, 3.8) is 0 Å². The largest absolute Gasteiger partial charge is 0.352 e. The summed E-state index contributed by atoms with van der Waals surface area (Å²) in [6.07, 6.45) is 4.60. The summed E-state index contributed by atoms with van der Waals surface area (Å²) in [4.78, 5) is 20.7. The Labute approximate surface area is 134 Å². The zero-order valence-corrected chi connectivity index (χ0v) is 12.9. The van der Waals surface area contributed by atoms with Gasteiger partial charge in [-0.05, 0) is 36.1 Å². The first-order valence-electron chi connectivity index (χ1n) is 7.87. The van der Waals surface area contributed by atoms with Crippen molar-refractivity contribution in [1.29, 1.82) is 0 Å². The van der Waals surface area contributed by atoms with Gasteiger partial charge in [0.1, 0.15) is 12.1 Å². The van der Waals surface area contributed by atoms with Crippen molar-refractivity contribution in [3.8, 4) is 5.82 Å². The smallest absolute Gasteiger partial charge is 0.223 e. The number of rotatable bonds is 4. The SMILES string of the molecule is CC1CC1C(=O)NCc1ccc(-n2cnc3ccccc32)nc1. The zero-order valence-electron chi connectivity index (χ0n) is 12.9. The molecule has 0 spiro atoms. The third kappa shape index (κ3) is 2.70. The maximum Gasteiger partial charge on any atom is 0.223 e. The van der Waals surface area contributed by atoms with Gasteiger partial charge in [0.2, 0.25) is 5.91 Å². The second-order valence-corrected chi connectivity index (χ2v) is 6.17. The van der Waals surface area contributed by atoms with Crippen LogP contribution in [0.1, 0.15) is 18.9 Å². The number of pyridine rings is 1. The molecule has 23 heavy (non-hydrogen) atoms. The number of aromatic nitrogens is 3. The first-order valence-corrected chi connectivity index (χ1v) is 7.87. The highest BCUT2D eigenvalue weighted by Crippen LogP contribution is 2.37. The van der Waals surface area contributed by atoms with Crippen molar-refractivity contribution >= 4 is 16.9 Å². The number of hydrogen-bond acceptors (Lipinski definition) is 3. The summed E-state index contributed by atoms with van der Waals surface area (Å²) in [5.74, 6) is 1.72. The monoisotopic (exact) mass is 306 g/mol. The first kappa shape index (κ1) is 13.9. The summed E-state index contributed by atoms with van der Waals surface area (Å²) in [6.45, 7) is 2.63. The van der Waals surface area contributed by atoms with E-state index in [9.17, 15) is 4.79 Å². The van der Waals surface area contributed by atoms with Gasteiger partial charge in [0.05, 0.1) is 11.0 Å². The lowest BCUT2D eigenvalue weighted by Crippen LogP contribution is -2.24. The number of imidazole rings is 1. The lowest BCUT2D eigenvalue weighted by Gasteiger charge is -2.07. The van der Waals surface area contributed by atoms with Gasteiger partial charge in [-0.25, -0.2) is 9.97 Å². The van der Waals surface area contributed by atoms with Crippen LogP contribution >= 0.6 is 0 Å². The molecular formula is C18H18N4O. The van der Waals surface area contributed by atoms with Crippen molar-refractivity contribution in [2.75, 3.05) is 0 Å². The van der Waals surface area contributed by atoms with Crippen LogP contribution in [0.5, 0.6) is 0 Å². The molecular weight excluding hydrogens is 288 g/mol. The lowest BCUT2D eigenvalue weighted by atomic mass is 10.2. The third-order valence-corrected chi connectivity index (χ3v) is 4.42. The van der Waals surface area contributed by atoms with Crippen molar-refractivity contribution in [2.45, 2.75) is 19.9 Å². The highest BCUT2D eigenvalue weighted by Gasteiger charge is 2.38. The first-order chi connectivity index (χ1) is 11.2. The number of carbonyl (C=O) groups excluding carboxylic acids is 1. The Hall–Kier alpha value is -2.69. The van der Waals surface area contributed by atoms with E-state index in [1.165, 1.54) is 0 Å². The molecule has 2 heterocycles. The Morgan fingerprint density at radius 1 is 1.26 bits per heavy atom. The molecule has 1 aromatic carbocycles. The molecule has 1 N–H and O–H groups in total. The van der Waals surface area contributed by atoms with Crippen molar-refractivity contribution in [2.24, 2.45) is 11.8 Å². The Morgan fingerprint density at radius 2 is 2.09 bits per heavy atom. The molecule has 116 valence electrons. The number of amides is 1. The number of hydrogen-bond donors (Lipinski definition) is 1. The van der Waals surface area contributed by atoms with Gasteiger partial charge in [-0.3, -0.25) is 9.36 Å². The van der Waals surface area contributed by atoms with E-state index in [0.29, 0.717) is 12.5 Å². The summed E-state index contributed by atoms with van der Waals surface area (Å²) in [5, 5.41) is 2.98. The average molecular weight is 306 g/mol. The van der Waals surface area contributed by atoms with Crippen LogP contribution in [0.25, 0.3) is 16.9 Å². The van der Waals surface area contributed by atoms with Gasteiger partial charge in [-0.2, -0.15) is 0 Å². The van der Waals surface area contributed by atoms with Gasteiger partial charge in [-0.1, -0.05) is 25.1 Å². The topological polar surface area (TPSA) is 59.8 Å². The Balaban J connectivity index is 1.48. The summed E-state index contributed by atoms with van der Waals surface area (Å²) in [7, 11) is 0. The van der Waals surface area contributed by atoms with Crippen LogP contribution in [-0.4, -0.2) is 20.4 Å². The maximum absolute atomic E-state index is 11.8. The molecule has 1 amide bonds. The molecule has 0 bridgehead atoms. The molecule has 5 nitrogen and oxygen atoms in total. The molecule has 2 unspecified atom stereocenters. The Kier molecular flexibility index (Phi) is 3.33. The molecule has 1 fully saturated rings. The summed E-state index contributed by atoms with van der Waals surface area (Å²) < 4.78 is 1.96. The molecule has 5 heteroatoms. The Morgan fingerprint density at radius 3 is 2.83 bits per heavy atom. The predicted octanol–water partition coefficient (Wildman–Crippen LogP) is 2.69. The molecule has 2 atom stereocenters. The van der Waals surface area contributed by atoms with Crippen LogP contribution < -0.4 is 5.32 Å². The Bertz CT molecular complexity index is 853. The number of carbonyl (C=O) groups is 1. The van der Waals surface area contributed by atoms with Gasteiger partial charge in [0.15, 0.2) is 0 Å². The van der Waals surface area contributed by atoms with E-state index in [1.54, 1.807) is 12.5 Å². The molecule has 1 saturated carbocycles. The van der Waals surface area contributed by atoms with Gasteiger partial charge in [-0.15, -0.1) is 0 Å². The molecule has 1 aliphatic carbocycles. The quantitative estimate of drug-likeness (QED) is 0.806. The van der Waals surface area contributed by atoms with E-state index < -0.39 is 0 Å². The average Bonchev–Trinajstić information content (AvgIpc) is 3.17. The van der Waals surface area contributed by atoms with Gasteiger partial charge in [0.25, 0.3) is 0 Å². The van der Waals surface area contributed by atoms with E-state index in [4.69, 9.17) is 0 Å². The van der Waals surface area contributed by atoms with Crippen molar-refractivity contribution in [3.05, 3.63) is 54.5 Å². The van der Waals surface area contributed by atoms with E-state index in [-0.39, 0.29) is 11.8 Å². The van der Waals surface area contributed by atoms with Crippen LogP contribution in [0, 0.1) is 11.8 Å². The molecule has 4 rings (SSSR count). The van der Waals surface area contributed by atoms with Gasteiger partial charge >= 0.3 is 0 Å². The van der Waals surface area contributed by atoms with Crippen LogP contribution in [0.3, 0.4) is 0 Å². The van der Waals surface area contributed by atoms with Crippen molar-refractivity contribution < 1.29 is 4.79 Å². The number of para-hydroxylation sites is 2. The molecule has 0 saturated heterocycles. The number of nitrogens with one attached hydrogen (secondary N) is 1. The minimum absolute atomic E-state index is 0.155. The second kappa shape index (κ2) is 5.50. The normalized spacial score (nSPS) is 19.7. The number of benzene rings is 1. The summed E-state index contributed by atoms with van der Waals surface area (Å²) in [6, 6.07) is 11.9. The van der Waals surface area contributed by atoms with E-state index in [2.05, 4.69) is 22.2 Å². The standard InChI is InChI=1S/C18H18N4O/c1-12-8-14(12)18(23)20-10-13-6-7-17(19-9-13)22-11-21-15-4-2-3-5-16(15)22/h2-7,9,11-12,14H,8,10H2,1H3,(H,20,23). The van der Waals surface area contributed by atoms with Crippen LogP contribution in [0.15, 0.2) is 48.9 Å². The lowest BCUT2D eigenvalue weighted by molar-refractivity contribution is -0.122. The molecule has 0 radical (unpaired) electrons. The fourth-order valence-corrected chi connectivity index (χ4v) is 2.81. The fraction of sp³-hybridized carbons (Fsp3) is 0.278. The molecule has 2 aromatic heterocycles. The van der Waals surface area contributed by atoms with Gasteiger partial charge < -0.3 is 5.32 Å². The minimum atomic E-state index is 0.155. The van der Waals surface area contributed by atoms with Crippen LogP contribution in [0.4, 0.5) is 0 Å².